The number of aromatic nitrogens is 1. The van der Waals surface area contributed by atoms with Crippen molar-refractivity contribution in [3.8, 4) is 0 Å². The molecule has 2 aromatic carbocycles. The fourth-order valence-electron chi connectivity index (χ4n) is 3.02. The third-order valence-electron chi connectivity index (χ3n) is 4.42. The molecule has 0 aliphatic carbocycles. The van der Waals surface area contributed by atoms with E-state index in [0.717, 1.165) is 16.8 Å². The van der Waals surface area contributed by atoms with Crippen molar-refractivity contribution in [3.63, 3.8) is 0 Å². The first-order valence-electron chi connectivity index (χ1n) is 8.82. The molecule has 4 nitrogen and oxygen atoms in total. The van der Waals surface area contributed by atoms with E-state index in [9.17, 15) is 9.59 Å². The fraction of sp³-hybridized carbons (Fsp3) is 0.182. The van der Waals surface area contributed by atoms with Crippen LogP contribution >= 0.6 is 11.6 Å². The van der Waals surface area contributed by atoms with Gasteiger partial charge in [0, 0.05) is 23.5 Å². The summed E-state index contributed by atoms with van der Waals surface area (Å²) in [7, 11) is 0. The number of carbonyl (C=O) groups excluding carboxylic acids is 1. The lowest BCUT2D eigenvalue weighted by molar-refractivity contribution is 0.0986. The lowest BCUT2D eigenvalue weighted by Gasteiger charge is -2.21. The highest BCUT2D eigenvalue weighted by Crippen LogP contribution is 2.18. The van der Waals surface area contributed by atoms with E-state index in [-0.39, 0.29) is 17.0 Å². The Kier molecular flexibility index (Phi) is 5.77. The Labute approximate surface area is 163 Å². The molecular weight excluding hydrogens is 360 g/mol. The minimum atomic E-state index is -0.325. The molecule has 0 N–H and O–H groups in total. The number of rotatable bonds is 5. The van der Waals surface area contributed by atoms with Crippen LogP contribution in [-0.2, 0) is 6.54 Å². The number of amides is 1. The summed E-state index contributed by atoms with van der Waals surface area (Å²) in [5.74, 6) is -0.304. The summed E-state index contributed by atoms with van der Waals surface area (Å²) in [5.41, 5.74) is 2.49. The van der Waals surface area contributed by atoms with Crippen molar-refractivity contribution in [3.05, 3.63) is 98.9 Å². The van der Waals surface area contributed by atoms with Crippen molar-refractivity contribution in [2.24, 2.45) is 0 Å². The van der Waals surface area contributed by atoms with Gasteiger partial charge in [-0.1, -0.05) is 41.9 Å². The third-order valence-corrected chi connectivity index (χ3v) is 4.79. The first-order chi connectivity index (χ1) is 13.0. The Balaban J connectivity index is 1.96. The summed E-state index contributed by atoms with van der Waals surface area (Å²) in [4.78, 5) is 27.6. The van der Waals surface area contributed by atoms with Gasteiger partial charge in [-0.25, -0.2) is 0 Å². The van der Waals surface area contributed by atoms with Gasteiger partial charge >= 0.3 is 0 Å². The number of nitrogens with zero attached hydrogens (tertiary/aromatic N) is 2. The zero-order valence-corrected chi connectivity index (χ0v) is 16.1. The molecule has 27 heavy (non-hydrogen) atoms. The maximum absolute atomic E-state index is 13.1. The number of benzene rings is 2. The molecule has 3 aromatic rings. The van der Waals surface area contributed by atoms with E-state index in [1.54, 1.807) is 29.3 Å². The average Bonchev–Trinajstić information content (AvgIpc) is 2.66. The smallest absolute Gasteiger partial charge is 0.263 e. The van der Waals surface area contributed by atoms with E-state index in [4.69, 9.17) is 11.6 Å². The Hall–Kier alpha value is -2.85. The number of pyridine rings is 1. The Morgan fingerprint density at radius 1 is 1.07 bits per heavy atom. The minimum Gasteiger partial charge on any atom is -0.310 e. The van der Waals surface area contributed by atoms with Crippen molar-refractivity contribution in [2.75, 3.05) is 11.4 Å². The van der Waals surface area contributed by atoms with Crippen LogP contribution in [-0.4, -0.2) is 17.0 Å². The number of hydrogen-bond donors (Lipinski definition) is 0. The van der Waals surface area contributed by atoms with Gasteiger partial charge in [-0.3, -0.25) is 9.59 Å². The summed E-state index contributed by atoms with van der Waals surface area (Å²) in [6.07, 6.45) is 1.67. The van der Waals surface area contributed by atoms with Crippen LogP contribution in [0, 0.1) is 6.92 Å². The second-order valence-electron chi connectivity index (χ2n) is 6.33. The molecule has 0 unspecified atom stereocenters. The van der Waals surface area contributed by atoms with Crippen molar-refractivity contribution in [1.82, 2.24) is 4.57 Å². The van der Waals surface area contributed by atoms with Gasteiger partial charge in [0.15, 0.2) is 0 Å². The van der Waals surface area contributed by atoms with Gasteiger partial charge in [0.1, 0.15) is 5.56 Å². The van der Waals surface area contributed by atoms with Crippen LogP contribution < -0.4 is 10.5 Å². The van der Waals surface area contributed by atoms with Gasteiger partial charge in [-0.2, -0.15) is 0 Å². The summed E-state index contributed by atoms with van der Waals surface area (Å²) in [6.45, 7) is 4.66. The van der Waals surface area contributed by atoms with Crippen molar-refractivity contribution in [2.45, 2.75) is 20.4 Å². The molecule has 0 aliphatic heterocycles. The zero-order chi connectivity index (χ0) is 19.4. The zero-order valence-electron chi connectivity index (χ0n) is 15.4. The lowest BCUT2D eigenvalue weighted by Crippen LogP contribution is -2.36. The highest BCUT2D eigenvalue weighted by molar-refractivity contribution is 6.31. The second kappa shape index (κ2) is 8.23. The predicted octanol–water partition coefficient (Wildman–Crippen LogP) is 4.53. The number of halogens is 1. The van der Waals surface area contributed by atoms with Gasteiger partial charge in [0.05, 0.1) is 6.54 Å². The van der Waals surface area contributed by atoms with Crippen LogP contribution in [0.5, 0.6) is 0 Å². The Bertz CT molecular complexity index is 1030. The molecule has 0 bridgehead atoms. The maximum atomic E-state index is 13.1. The molecular formula is C22H21ClN2O2. The van der Waals surface area contributed by atoms with E-state index in [1.165, 1.54) is 4.57 Å². The van der Waals surface area contributed by atoms with Gasteiger partial charge in [-0.15, -0.1) is 0 Å². The van der Waals surface area contributed by atoms with Crippen LogP contribution in [0.4, 0.5) is 5.69 Å². The molecule has 0 aliphatic rings. The minimum absolute atomic E-state index is 0.146. The molecule has 5 heteroatoms. The van der Waals surface area contributed by atoms with Crippen molar-refractivity contribution >= 4 is 23.2 Å². The van der Waals surface area contributed by atoms with Gasteiger partial charge in [-0.05, 0) is 55.3 Å². The van der Waals surface area contributed by atoms with Crippen LogP contribution in [0.25, 0.3) is 0 Å². The molecule has 1 heterocycles. The quantitative estimate of drug-likeness (QED) is 0.652. The summed E-state index contributed by atoms with van der Waals surface area (Å²) in [6, 6.07) is 18.4. The van der Waals surface area contributed by atoms with E-state index < -0.39 is 0 Å². The van der Waals surface area contributed by atoms with Crippen LogP contribution in [0.15, 0.2) is 71.7 Å². The van der Waals surface area contributed by atoms with E-state index in [1.807, 2.05) is 56.3 Å². The molecule has 1 amide bonds. The summed E-state index contributed by atoms with van der Waals surface area (Å²) >= 11 is 6.21. The molecule has 0 saturated heterocycles. The maximum Gasteiger partial charge on any atom is 0.263 e. The van der Waals surface area contributed by atoms with Gasteiger partial charge in [0.2, 0.25) is 0 Å². The monoisotopic (exact) mass is 380 g/mol. The molecule has 0 saturated carbocycles. The summed E-state index contributed by atoms with van der Waals surface area (Å²) < 4.78 is 1.51. The van der Waals surface area contributed by atoms with Crippen LogP contribution in [0.3, 0.4) is 0 Å². The average molecular weight is 381 g/mol. The number of aryl methyl sites for hydroxylation is 1. The fourth-order valence-corrected chi connectivity index (χ4v) is 3.21. The highest BCUT2D eigenvalue weighted by atomic mass is 35.5. The number of hydrogen-bond acceptors (Lipinski definition) is 2. The molecule has 138 valence electrons. The molecule has 3 rings (SSSR count). The molecule has 0 fully saturated rings. The molecule has 0 atom stereocenters. The number of carbonyl (C=O) groups is 1. The topological polar surface area (TPSA) is 42.3 Å². The van der Waals surface area contributed by atoms with E-state index in [0.29, 0.717) is 18.1 Å². The number of anilines is 1. The normalized spacial score (nSPS) is 10.6. The first kappa shape index (κ1) is 18.9. The van der Waals surface area contributed by atoms with Gasteiger partial charge < -0.3 is 9.47 Å². The van der Waals surface area contributed by atoms with Gasteiger partial charge in [0.25, 0.3) is 11.5 Å². The first-order valence-corrected chi connectivity index (χ1v) is 9.20. The third kappa shape index (κ3) is 4.12. The second-order valence-corrected chi connectivity index (χ2v) is 6.74. The predicted molar refractivity (Wildman–Crippen MR) is 110 cm³/mol. The van der Waals surface area contributed by atoms with E-state index >= 15 is 0 Å². The largest absolute Gasteiger partial charge is 0.310 e. The standard InChI is InChI=1S/C22H21ClN2O2/c1-3-25(18-10-6-8-16(2)14-18)22(27)19-11-7-13-24(21(19)26)15-17-9-4-5-12-20(17)23/h4-14H,3,15H2,1-2H3. The van der Waals surface area contributed by atoms with E-state index in [2.05, 4.69) is 0 Å². The van der Waals surface area contributed by atoms with Crippen LogP contribution in [0.2, 0.25) is 5.02 Å². The van der Waals surface area contributed by atoms with Crippen LogP contribution in [0.1, 0.15) is 28.4 Å². The van der Waals surface area contributed by atoms with Crippen molar-refractivity contribution < 1.29 is 4.79 Å². The molecule has 1 aromatic heterocycles. The SMILES string of the molecule is CCN(C(=O)c1cccn(Cc2ccccc2Cl)c1=O)c1cccc(C)c1. The molecule has 0 radical (unpaired) electrons. The summed E-state index contributed by atoms with van der Waals surface area (Å²) in [5, 5.41) is 0.594. The Morgan fingerprint density at radius 3 is 2.56 bits per heavy atom. The molecule has 0 spiro atoms. The lowest BCUT2D eigenvalue weighted by atomic mass is 10.1. The Morgan fingerprint density at radius 2 is 1.85 bits per heavy atom. The van der Waals surface area contributed by atoms with Crippen molar-refractivity contribution in [1.29, 1.82) is 0 Å². The highest BCUT2D eigenvalue weighted by Gasteiger charge is 2.20.